The summed E-state index contributed by atoms with van der Waals surface area (Å²) >= 11 is 12.1. The van der Waals surface area contributed by atoms with Crippen LogP contribution in [0.3, 0.4) is 0 Å². The number of halogens is 2. The zero-order chi connectivity index (χ0) is 13.8. The summed E-state index contributed by atoms with van der Waals surface area (Å²) in [4.78, 5) is 0. The quantitative estimate of drug-likeness (QED) is 0.853. The third kappa shape index (κ3) is 3.09. The van der Waals surface area contributed by atoms with Gasteiger partial charge in [-0.25, -0.2) is 4.68 Å². The van der Waals surface area contributed by atoms with Gasteiger partial charge in [0.1, 0.15) is 16.8 Å². The lowest BCUT2D eigenvalue weighted by Gasteiger charge is -2.03. The van der Waals surface area contributed by atoms with Gasteiger partial charge >= 0.3 is 0 Å². The molecule has 0 aliphatic heterocycles. The summed E-state index contributed by atoms with van der Waals surface area (Å²) in [6, 6.07) is 9.65. The molecule has 5 heteroatoms. The third-order valence-corrected chi connectivity index (χ3v) is 3.40. The van der Waals surface area contributed by atoms with Crippen LogP contribution >= 0.6 is 23.2 Å². The summed E-state index contributed by atoms with van der Waals surface area (Å²) in [6.45, 7) is 2.56. The first-order valence-corrected chi connectivity index (χ1v) is 6.81. The fourth-order valence-electron chi connectivity index (χ4n) is 1.92. The molecular formula is C14H13Cl2N3. The highest BCUT2D eigenvalue weighted by atomic mass is 35.5. The number of hydrogen-bond acceptors (Lipinski definition) is 2. The van der Waals surface area contributed by atoms with Gasteiger partial charge in [0, 0.05) is 5.02 Å². The maximum absolute atomic E-state index is 9.14. The van der Waals surface area contributed by atoms with Crippen molar-refractivity contribution in [1.82, 2.24) is 9.78 Å². The lowest BCUT2D eigenvalue weighted by Crippen LogP contribution is -2.02. The van der Waals surface area contributed by atoms with Crippen LogP contribution in [-0.2, 0) is 13.0 Å². The number of nitrogens with zero attached hydrogens (tertiary/aromatic N) is 3. The minimum Gasteiger partial charge on any atom is -0.248 e. The SMILES string of the molecule is CCCc1nn(Cc2cccc(Cl)c2)c(Cl)c1C#N. The van der Waals surface area contributed by atoms with E-state index in [2.05, 4.69) is 11.2 Å². The van der Waals surface area contributed by atoms with Crippen molar-refractivity contribution in [1.29, 1.82) is 5.26 Å². The summed E-state index contributed by atoms with van der Waals surface area (Å²) in [6.07, 6.45) is 1.68. The molecule has 0 N–H and O–H groups in total. The molecule has 0 aliphatic rings. The van der Waals surface area contributed by atoms with Gasteiger partial charge in [-0.1, -0.05) is 48.7 Å². The Hall–Kier alpha value is -1.50. The smallest absolute Gasteiger partial charge is 0.145 e. The molecule has 1 aromatic carbocycles. The maximum Gasteiger partial charge on any atom is 0.145 e. The van der Waals surface area contributed by atoms with Crippen LogP contribution in [0.5, 0.6) is 0 Å². The van der Waals surface area contributed by atoms with E-state index in [1.165, 1.54) is 0 Å². The van der Waals surface area contributed by atoms with Gasteiger partial charge in [0.15, 0.2) is 0 Å². The van der Waals surface area contributed by atoms with Crippen LogP contribution in [0.25, 0.3) is 0 Å². The van der Waals surface area contributed by atoms with E-state index < -0.39 is 0 Å². The van der Waals surface area contributed by atoms with E-state index >= 15 is 0 Å². The number of hydrogen-bond donors (Lipinski definition) is 0. The summed E-state index contributed by atoms with van der Waals surface area (Å²) in [7, 11) is 0. The number of rotatable bonds is 4. The van der Waals surface area contributed by atoms with Gasteiger partial charge in [-0.05, 0) is 24.1 Å². The molecule has 3 nitrogen and oxygen atoms in total. The Kier molecular flexibility index (Phi) is 4.47. The predicted molar refractivity (Wildman–Crippen MR) is 76.5 cm³/mol. The molecule has 0 saturated heterocycles. The first-order valence-electron chi connectivity index (χ1n) is 6.05. The van der Waals surface area contributed by atoms with Crippen LogP contribution < -0.4 is 0 Å². The zero-order valence-electron chi connectivity index (χ0n) is 10.5. The van der Waals surface area contributed by atoms with E-state index in [1.807, 2.05) is 31.2 Å². The van der Waals surface area contributed by atoms with E-state index in [0.717, 1.165) is 24.1 Å². The zero-order valence-corrected chi connectivity index (χ0v) is 12.0. The molecule has 0 spiro atoms. The lowest BCUT2D eigenvalue weighted by molar-refractivity contribution is 0.668. The second kappa shape index (κ2) is 6.10. The van der Waals surface area contributed by atoms with Crippen molar-refractivity contribution in [2.45, 2.75) is 26.3 Å². The Balaban J connectivity index is 2.33. The average molecular weight is 294 g/mol. The summed E-state index contributed by atoms with van der Waals surface area (Å²) < 4.78 is 1.65. The monoisotopic (exact) mass is 293 g/mol. The summed E-state index contributed by atoms with van der Waals surface area (Å²) in [5, 5.41) is 14.6. The fourth-order valence-corrected chi connectivity index (χ4v) is 2.38. The van der Waals surface area contributed by atoms with Crippen molar-refractivity contribution in [2.75, 3.05) is 0 Å². The number of aryl methyl sites for hydroxylation is 1. The number of nitriles is 1. The van der Waals surface area contributed by atoms with Gasteiger partial charge < -0.3 is 0 Å². The second-order valence-corrected chi connectivity index (χ2v) is 5.06. The third-order valence-electron chi connectivity index (χ3n) is 2.78. The Morgan fingerprint density at radius 1 is 1.37 bits per heavy atom. The first kappa shape index (κ1) is 13.9. The van der Waals surface area contributed by atoms with E-state index in [1.54, 1.807) is 4.68 Å². The van der Waals surface area contributed by atoms with Crippen LogP contribution in [0.2, 0.25) is 10.2 Å². The Bertz CT molecular complexity index is 626. The predicted octanol–water partition coefficient (Wildman–Crippen LogP) is 4.06. The molecule has 98 valence electrons. The highest BCUT2D eigenvalue weighted by Gasteiger charge is 2.15. The molecule has 1 heterocycles. The Morgan fingerprint density at radius 2 is 2.16 bits per heavy atom. The summed E-state index contributed by atoms with van der Waals surface area (Å²) in [5.74, 6) is 0. The molecule has 2 aromatic rings. The average Bonchev–Trinajstić information content (AvgIpc) is 2.66. The van der Waals surface area contributed by atoms with Crippen LogP contribution in [-0.4, -0.2) is 9.78 Å². The van der Waals surface area contributed by atoms with Gasteiger partial charge in [-0.3, -0.25) is 0 Å². The molecule has 0 bridgehead atoms. The summed E-state index contributed by atoms with van der Waals surface area (Å²) in [5.41, 5.74) is 2.24. The Morgan fingerprint density at radius 3 is 2.79 bits per heavy atom. The van der Waals surface area contributed by atoms with Crippen molar-refractivity contribution in [3.63, 3.8) is 0 Å². The largest absolute Gasteiger partial charge is 0.248 e. The second-order valence-electron chi connectivity index (χ2n) is 4.26. The highest BCUT2D eigenvalue weighted by Crippen LogP contribution is 2.22. The molecule has 19 heavy (non-hydrogen) atoms. The van der Waals surface area contributed by atoms with Gasteiger partial charge in [-0.15, -0.1) is 0 Å². The van der Waals surface area contributed by atoms with Crippen molar-refractivity contribution >= 4 is 23.2 Å². The number of aromatic nitrogens is 2. The maximum atomic E-state index is 9.14. The van der Waals surface area contributed by atoms with Crippen LogP contribution in [0.1, 0.15) is 30.2 Å². The molecule has 2 rings (SSSR count). The van der Waals surface area contributed by atoms with Crippen LogP contribution in [0.15, 0.2) is 24.3 Å². The van der Waals surface area contributed by atoms with E-state index in [-0.39, 0.29) is 0 Å². The standard InChI is InChI=1S/C14H13Cl2N3/c1-2-4-13-12(8-17)14(16)19(18-13)9-10-5-3-6-11(15)7-10/h3,5-7H,2,4,9H2,1H3. The molecule has 0 saturated carbocycles. The molecule has 0 aliphatic carbocycles. The van der Waals surface area contributed by atoms with Crippen molar-refractivity contribution < 1.29 is 0 Å². The van der Waals surface area contributed by atoms with Gasteiger partial charge in [0.05, 0.1) is 12.2 Å². The van der Waals surface area contributed by atoms with E-state index in [0.29, 0.717) is 22.3 Å². The molecule has 0 atom stereocenters. The van der Waals surface area contributed by atoms with Crippen LogP contribution in [0.4, 0.5) is 0 Å². The minimum atomic E-state index is 0.394. The highest BCUT2D eigenvalue weighted by molar-refractivity contribution is 6.31. The molecule has 0 unspecified atom stereocenters. The molecule has 1 aromatic heterocycles. The fraction of sp³-hybridized carbons (Fsp3) is 0.286. The molecule has 0 radical (unpaired) electrons. The molecule has 0 fully saturated rings. The van der Waals surface area contributed by atoms with Gasteiger partial charge in [-0.2, -0.15) is 10.4 Å². The van der Waals surface area contributed by atoms with Crippen molar-refractivity contribution in [2.24, 2.45) is 0 Å². The van der Waals surface area contributed by atoms with Crippen LogP contribution in [0, 0.1) is 11.3 Å². The van der Waals surface area contributed by atoms with E-state index in [4.69, 9.17) is 28.5 Å². The minimum absolute atomic E-state index is 0.394. The van der Waals surface area contributed by atoms with Crippen molar-refractivity contribution in [3.05, 3.63) is 51.3 Å². The number of benzene rings is 1. The van der Waals surface area contributed by atoms with Crippen molar-refractivity contribution in [3.8, 4) is 6.07 Å². The van der Waals surface area contributed by atoms with Gasteiger partial charge in [0.2, 0.25) is 0 Å². The normalized spacial score (nSPS) is 10.4. The Labute approximate surface area is 122 Å². The van der Waals surface area contributed by atoms with E-state index in [9.17, 15) is 0 Å². The topological polar surface area (TPSA) is 41.6 Å². The van der Waals surface area contributed by atoms with Gasteiger partial charge in [0.25, 0.3) is 0 Å². The lowest BCUT2D eigenvalue weighted by atomic mass is 10.2. The molecule has 0 amide bonds. The molecular weight excluding hydrogens is 281 g/mol. The first-order chi connectivity index (χ1) is 9.15.